The van der Waals surface area contributed by atoms with Crippen LogP contribution in [0.25, 0.3) is 0 Å². The van der Waals surface area contributed by atoms with Crippen LogP contribution >= 0.6 is 51.5 Å². The number of thiocarbonyl (C=S) groups is 1. The van der Waals surface area contributed by atoms with Crippen molar-refractivity contribution >= 4 is 61.6 Å². The van der Waals surface area contributed by atoms with Crippen molar-refractivity contribution in [1.82, 2.24) is 15.4 Å². The third-order valence-corrected chi connectivity index (χ3v) is 4.01. The minimum Gasteiger partial charge on any atom is -0.281 e. The molecule has 1 aromatic heterocycles. The quantitative estimate of drug-likeness (QED) is 0.510. The maximum atomic E-state index is 5.83. The Kier molecular flexibility index (Phi) is 5.91. The Hall–Kier alpha value is -0.110. The van der Waals surface area contributed by atoms with Crippen molar-refractivity contribution in [1.29, 1.82) is 0 Å². The van der Waals surface area contributed by atoms with E-state index in [4.69, 9.17) is 23.8 Å². The lowest BCUT2D eigenvalue weighted by Crippen LogP contribution is -2.38. The van der Waals surface area contributed by atoms with Gasteiger partial charge in [0.05, 0.1) is 10.2 Å². The van der Waals surface area contributed by atoms with Gasteiger partial charge in [0.1, 0.15) is 0 Å². The first kappa shape index (κ1) is 14.9. The molecule has 0 amide bonds. The monoisotopic (exact) mass is 354 g/mol. The van der Waals surface area contributed by atoms with Gasteiger partial charge in [-0.2, -0.15) is 4.98 Å². The highest BCUT2D eigenvalue weighted by atomic mass is 79.9. The molecule has 0 fully saturated rings. The molecular weight excluding hydrogens is 344 g/mol. The molecule has 0 aliphatic rings. The lowest BCUT2D eigenvalue weighted by molar-refractivity contribution is 0.859. The van der Waals surface area contributed by atoms with Gasteiger partial charge in [0.15, 0.2) is 10.1 Å². The third-order valence-electron chi connectivity index (χ3n) is 1.82. The van der Waals surface area contributed by atoms with E-state index in [0.29, 0.717) is 10.1 Å². The van der Waals surface area contributed by atoms with E-state index in [0.717, 1.165) is 15.9 Å². The number of halogens is 2. The molecule has 1 N–H and O–H groups in total. The largest absolute Gasteiger partial charge is 0.281 e. The fraction of sp³-hybridized carbons (Fsp3) is 0.444. The summed E-state index contributed by atoms with van der Waals surface area (Å²) in [7, 11) is 1.82. The van der Waals surface area contributed by atoms with E-state index in [-0.39, 0.29) is 5.28 Å². The Morgan fingerprint density at radius 3 is 2.82 bits per heavy atom. The zero-order valence-electron chi connectivity index (χ0n) is 9.62. The number of nitrogens with zero attached hydrogens (tertiary/aromatic N) is 3. The number of hydrazine groups is 1. The second-order valence-electron chi connectivity index (χ2n) is 3.11. The Labute approximate surface area is 124 Å². The molecule has 0 aliphatic heterocycles. The van der Waals surface area contributed by atoms with Crippen molar-refractivity contribution in [3.05, 3.63) is 15.5 Å². The Bertz CT molecular complexity index is 430. The zero-order chi connectivity index (χ0) is 13.0. The molecule has 8 heteroatoms. The minimum absolute atomic E-state index is 0.211. The number of aryl methyl sites for hydroxylation is 1. The van der Waals surface area contributed by atoms with Gasteiger partial charge in [-0.1, -0.05) is 30.9 Å². The van der Waals surface area contributed by atoms with E-state index in [9.17, 15) is 0 Å². The molecule has 1 heterocycles. The predicted octanol–water partition coefficient (Wildman–Crippen LogP) is 3.18. The number of hydrogen-bond acceptors (Lipinski definition) is 5. The molecule has 0 bridgehead atoms. The highest BCUT2D eigenvalue weighted by molar-refractivity contribution is 9.10. The first-order chi connectivity index (χ1) is 7.95. The van der Waals surface area contributed by atoms with E-state index in [1.165, 1.54) is 0 Å². The summed E-state index contributed by atoms with van der Waals surface area (Å²) in [6.07, 6.45) is 0. The van der Waals surface area contributed by atoms with Gasteiger partial charge in [0, 0.05) is 7.05 Å². The molecule has 0 radical (unpaired) electrons. The van der Waals surface area contributed by atoms with Crippen LogP contribution in [0.2, 0.25) is 5.28 Å². The van der Waals surface area contributed by atoms with Crippen LogP contribution in [-0.4, -0.2) is 27.1 Å². The lowest BCUT2D eigenvalue weighted by atomic mass is 10.4. The number of nitrogens with one attached hydrogen (secondary N) is 1. The van der Waals surface area contributed by atoms with E-state index < -0.39 is 0 Å². The summed E-state index contributed by atoms with van der Waals surface area (Å²) < 4.78 is 1.48. The molecule has 0 atom stereocenters. The summed E-state index contributed by atoms with van der Waals surface area (Å²) in [5, 5.41) is 1.93. The molecule has 0 spiro atoms. The van der Waals surface area contributed by atoms with Crippen LogP contribution in [0, 0.1) is 6.92 Å². The van der Waals surface area contributed by atoms with E-state index >= 15 is 0 Å². The van der Waals surface area contributed by atoms with Crippen LogP contribution in [0.5, 0.6) is 0 Å². The maximum absolute atomic E-state index is 5.83. The van der Waals surface area contributed by atoms with Gasteiger partial charge in [0.25, 0.3) is 0 Å². The highest BCUT2D eigenvalue weighted by Crippen LogP contribution is 2.26. The van der Waals surface area contributed by atoms with E-state index in [2.05, 4.69) is 31.3 Å². The molecule has 4 nitrogen and oxygen atoms in total. The van der Waals surface area contributed by atoms with Crippen LogP contribution in [0.1, 0.15) is 12.6 Å². The molecule has 94 valence electrons. The fourth-order valence-electron chi connectivity index (χ4n) is 1.09. The van der Waals surface area contributed by atoms with Crippen LogP contribution in [0.15, 0.2) is 4.47 Å². The van der Waals surface area contributed by atoms with Gasteiger partial charge in [-0.25, -0.2) is 4.98 Å². The number of aromatic nitrogens is 2. The van der Waals surface area contributed by atoms with Gasteiger partial charge in [-0.15, -0.1) is 0 Å². The SMILES string of the molecule is CCSC(=S)NN(C)c1nc(Cl)nc(C)c1Br. The normalized spacial score (nSPS) is 10.2. The molecule has 0 aliphatic carbocycles. The molecule has 0 saturated heterocycles. The number of hydrogen-bond donors (Lipinski definition) is 1. The van der Waals surface area contributed by atoms with Crippen molar-refractivity contribution in [3.63, 3.8) is 0 Å². The average molecular weight is 356 g/mol. The van der Waals surface area contributed by atoms with Crippen LogP contribution in [-0.2, 0) is 0 Å². The highest BCUT2D eigenvalue weighted by Gasteiger charge is 2.13. The molecule has 17 heavy (non-hydrogen) atoms. The summed E-state index contributed by atoms with van der Waals surface area (Å²) in [5.74, 6) is 1.58. The minimum atomic E-state index is 0.211. The molecular formula is C9H12BrClN4S2. The standard InChI is InChI=1S/C9H12BrClN4S2/c1-4-17-9(16)14-15(3)7-6(10)5(2)12-8(11)13-7/h4H2,1-3H3,(H,14,16). The molecule has 1 rings (SSSR count). The summed E-state index contributed by atoms with van der Waals surface area (Å²) in [5.41, 5.74) is 3.82. The van der Waals surface area contributed by atoms with Gasteiger partial charge >= 0.3 is 0 Å². The Morgan fingerprint density at radius 2 is 2.24 bits per heavy atom. The predicted molar refractivity (Wildman–Crippen MR) is 81.7 cm³/mol. The fourth-order valence-corrected chi connectivity index (χ4v) is 2.69. The summed E-state index contributed by atoms with van der Waals surface area (Å²) in [6, 6.07) is 0. The van der Waals surface area contributed by atoms with Crippen molar-refractivity contribution < 1.29 is 0 Å². The number of rotatable bonds is 3. The van der Waals surface area contributed by atoms with Crippen molar-refractivity contribution in [2.24, 2.45) is 0 Å². The second-order valence-corrected chi connectivity index (χ2v) is 6.18. The van der Waals surface area contributed by atoms with Crippen LogP contribution in [0.4, 0.5) is 5.82 Å². The van der Waals surface area contributed by atoms with Crippen molar-refractivity contribution in [3.8, 4) is 0 Å². The second kappa shape index (κ2) is 6.72. The Morgan fingerprint density at radius 1 is 1.59 bits per heavy atom. The maximum Gasteiger partial charge on any atom is 0.224 e. The van der Waals surface area contributed by atoms with Gasteiger partial charge in [-0.3, -0.25) is 10.4 Å². The first-order valence-corrected chi connectivity index (χ1v) is 7.39. The third kappa shape index (κ3) is 4.24. The lowest BCUT2D eigenvalue weighted by Gasteiger charge is -2.21. The first-order valence-electron chi connectivity index (χ1n) is 4.82. The topological polar surface area (TPSA) is 41.0 Å². The molecule has 0 aromatic carbocycles. The summed E-state index contributed by atoms with van der Waals surface area (Å²) in [6.45, 7) is 3.90. The van der Waals surface area contributed by atoms with Crippen molar-refractivity contribution in [2.45, 2.75) is 13.8 Å². The van der Waals surface area contributed by atoms with Crippen molar-refractivity contribution in [2.75, 3.05) is 17.8 Å². The Balaban J connectivity index is 2.88. The zero-order valence-corrected chi connectivity index (χ0v) is 13.6. The molecule has 0 saturated carbocycles. The number of thioether (sulfide) groups is 1. The van der Waals surface area contributed by atoms with E-state index in [1.54, 1.807) is 16.8 Å². The van der Waals surface area contributed by atoms with Gasteiger partial charge < -0.3 is 0 Å². The van der Waals surface area contributed by atoms with Gasteiger partial charge in [-0.05, 0) is 40.2 Å². The van der Waals surface area contributed by atoms with E-state index in [1.807, 2.05) is 20.9 Å². The summed E-state index contributed by atoms with van der Waals surface area (Å²) in [4.78, 5) is 8.20. The van der Waals surface area contributed by atoms with Crippen LogP contribution in [0.3, 0.4) is 0 Å². The summed E-state index contributed by atoms with van der Waals surface area (Å²) >= 11 is 16.0. The number of anilines is 1. The smallest absolute Gasteiger partial charge is 0.224 e. The molecule has 1 aromatic rings. The molecule has 0 unspecified atom stereocenters. The van der Waals surface area contributed by atoms with Gasteiger partial charge in [0.2, 0.25) is 5.28 Å². The average Bonchev–Trinajstić information content (AvgIpc) is 2.23. The van der Waals surface area contributed by atoms with Crippen LogP contribution < -0.4 is 10.4 Å².